The maximum Gasteiger partial charge on any atom is 0.251 e. The molecule has 2 rings (SSSR count). The summed E-state index contributed by atoms with van der Waals surface area (Å²) < 4.78 is 0. The van der Waals surface area contributed by atoms with E-state index in [1.54, 1.807) is 67.3 Å². The molecule has 0 unspecified atom stereocenters. The fraction of sp³-hybridized carbons (Fsp3) is 0.250. The number of halogens is 1. The van der Waals surface area contributed by atoms with Crippen LogP contribution in [0.3, 0.4) is 0 Å². The van der Waals surface area contributed by atoms with Gasteiger partial charge in [0.05, 0.1) is 0 Å². The molecule has 0 saturated carbocycles. The number of hydrogen-bond acceptors (Lipinski definition) is 4. The van der Waals surface area contributed by atoms with Crippen molar-refractivity contribution < 1.29 is 14.4 Å². The second kappa shape index (κ2) is 10.7. The first-order valence-corrected chi connectivity index (χ1v) is 10.4. The number of nitrogens with one attached hydrogen (secondary N) is 3. The zero-order valence-electron chi connectivity index (χ0n) is 15.6. The predicted octanol–water partition coefficient (Wildman–Crippen LogP) is 3.19. The van der Waals surface area contributed by atoms with Crippen LogP contribution in [0.1, 0.15) is 27.1 Å². The van der Waals surface area contributed by atoms with Gasteiger partial charge >= 0.3 is 0 Å². The molecular formula is C20H22ClN3O3S. The van der Waals surface area contributed by atoms with Gasteiger partial charge < -0.3 is 16.0 Å². The summed E-state index contributed by atoms with van der Waals surface area (Å²) in [6.07, 6.45) is 2.43. The van der Waals surface area contributed by atoms with Crippen molar-refractivity contribution in [1.29, 1.82) is 0 Å². The number of hydrogen-bond donors (Lipinski definition) is 3. The lowest BCUT2D eigenvalue weighted by Gasteiger charge is -2.18. The zero-order chi connectivity index (χ0) is 20.5. The molecule has 1 atom stereocenters. The predicted molar refractivity (Wildman–Crippen MR) is 114 cm³/mol. The number of thioether (sulfide) groups is 1. The fourth-order valence-corrected chi connectivity index (χ4v) is 3.02. The standard InChI is InChI=1S/C20H22ClN3O3S/c1-22-18(25)13-5-9-16(10-6-13)23-20(27)17(11-12-28-2)24-19(26)14-3-7-15(21)8-4-14/h3-10,17H,11-12H2,1-2H3,(H,22,25)(H,23,27)(H,24,26)/t17-/m1/s1. The summed E-state index contributed by atoms with van der Waals surface area (Å²) >= 11 is 7.44. The highest BCUT2D eigenvalue weighted by molar-refractivity contribution is 7.98. The first-order chi connectivity index (χ1) is 13.4. The van der Waals surface area contributed by atoms with Gasteiger partial charge in [-0.15, -0.1) is 0 Å². The second-order valence-corrected chi connectivity index (χ2v) is 7.38. The van der Waals surface area contributed by atoms with Gasteiger partial charge in [0, 0.05) is 28.9 Å². The molecule has 0 aromatic heterocycles. The molecule has 8 heteroatoms. The van der Waals surface area contributed by atoms with Crippen molar-refractivity contribution >= 4 is 46.8 Å². The molecule has 0 aliphatic heterocycles. The Bertz CT molecular complexity index is 826. The topological polar surface area (TPSA) is 87.3 Å². The van der Waals surface area contributed by atoms with E-state index in [4.69, 9.17) is 11.6 Å². The lowest BCUT2D eigenvalue weighted by Crippen LogP contribution is -2.44. The Morgan fingerprint density at radius 2 is 1.54 bits per heavy atom. The molecule has 2 aromatic rings. The van der Waals surface area contributed by atoms with E-state index in [9.17, 15) is 14.4 Å². The van der Waals surface area contributed by atoms with Gasteiger partial charge in [-0.3, -0.25) is 14.4 Å². The smallest absolute Gasteiger partial charge is 0.251 e. The summed E-state index contributed by atoms with van der Waals surface area (Å²) in [5.41, 5.74) is 1.48. The summed E-state index contributed by atoms with van der Waals surface area (Å²) in [6.45, 7) is 0. The van der Waals surface area contributed by atoms with Gasteiger partial charge in [0.25, 0.3) is 11.8 Å². The summed E-state index contributed by atoms with van der Waals surface area (Å²) in [4.78, 5) is 36.7. The minimum atomic E-state index is -0.686. The Morgan fingerprint density at radius 1 is 0.964 bits per heavy atom. The quantitative estimate of drug-likeness (QED) is 0.613. The van der Waals surface area contributed by atoms with Gasteiger partial charge in [-0.05, 0) is 67.0 Å². The summed E-state index contributed by atoms with van der Waals surface area (Å²) in [7, 11) is 1.55. The Kier molecular flexibility index (Phi) is 8.35. The summed E-state index contributed by atoms with van der Waals surface area (Å²) in [6, 6.07) is 12.3. The molecule has 6 nitrogen and oxygen atoms in total. The minimum Gasteiger partial charge on any atom is -0.355 e. The first-order valence-electron chi connectivity index (χ1n) is 8.63. The normalized spacial score (nSPS) is 11.4. The molecule has 0 spiro atoms. The van der Waals surface area contributed by atoms with Crippen LogP contribution >= 0.6 is 23.4 Å². The average molecular weight is 420 g/mol. The number of carbonyl (C=O) groups excluding carboxylic acids is 3. The maximum absolute atomic E-state index is 12.7. The van der Waals surface area contributed by atoms with E-state index in [1.807, 2.05) is 6.26 Å². The molecule has 0 fully saturated rings. The summed E-state index contributed by atoms with van der Waals surface area (Å²) in [5, 5.41) is 8.63. The second-order valence-electron chi connectivity index (χ2n) is 5.96. The van der Waals surface area contributed by atoms with Crippen molar-refractivity contribution in [3.05, 3.63) is 64.7 Å². The van der Waals surface area contributed by atoms with Crippen LogP contribution in [0.4, 0.5) is 5.69 Å². The van der Waals surface area contributed by atoms with Crippen LogP contribution < -0.4 is 16.0 Å². The molecule has 148 valence electrons. The van der Waals surface area contributed by atoms with Gasteiger partial charge in [-0.2, -0.15) is 11.8 Å². The molecule has 3 N–H and O–H groups in total. The fourth-order valence-electron chi connectivity index (χ4n) is 2.43. The SMILES string of the molecule is CNC(=O)c1ccc(NC(=O)[C@@H](CCSC)NC(=O)c2ccc(Cl)cc2)cc1. The van der Waals surface area contributed by atoms with Crippen LogP contribution in [-0.4, -0.2) is 42.8 Å². The number of carbonyl (C=O) groups is 3. The van der Waals surface area contributed by atoms with Crippen LogP contribution in [0.25, 0.3) is 0 Å². The minimum absolute atomic E-state index is 0.203. The monoisotopic (exact) mass is 419 g/mol. The van der Waals surface area contributed by atoms with Crippen LogP contribution in [0, 0.1) is 0 Å². The highest BCUT2D eigenvalue weighted by Gasteiger charge is 2.21. The van der Waals surface area contributed by atoms with Crippen LogP contribution in [0.5, 0.6) is 0 Å². The van der Waals surface area contributed by atoms with Crippen molar-refractivity contribution in [3.8, 4) is 0 Å². The van der Waals surface area contributed by atoms with Gasteiger partial charge in [0.1, 0.15) is 6.04 Å². The Balaban J connectivity index is 2.06. The molecular weight excluding hydrogens is 398 g/mol. The zero-order valence-corrected chi connectivity index (χ0v) is 17.2. The highest BCUT2D eigenvalue weighted by atomic mass is 35.5. The molecule has 3 amide bonds. The number of amides is 3. The number of benzene rings is 2. The molecule has 28 heavy (non-hydrogen) atoms. The van der Waals surface area contributed by atoms with E-state index < -0.39 is 6.04 Å². The van der Waals surface area contributed by atoms with E-state index in [-0.39, 0.29) is 17.7 Å². The van der Waals surface area contributed by atoms with Crippen molar-refractivity contribution in [3.63, 3.8) is 0 Å². The lowest BCUT2D eigenvalue weighted by molar-refractivity contribution is -0.118. The van der Waals surface area contributed by atoms with Crippen molar-refractivity contribution in [2.45, 2.75) is 12.5 Å². The Morgan fingerprint density at radius 3 is 2.11 bits per heavy atom. The van der Waals surface area contributed by atoms with E-state index in [1.165, 1.54) is 0 Å². The van der Waals surface area contributed by atoms with E-state index in [2.05, 4.69) is 16.0 Å². The third kappa shape index (κ3) is 6.28. The van der Waals surface area contributed by atoms with Crippen molar-refractivity contribution in [1.82, 2.24) is 10.6 Å². The third-order valence-electron chi connectivity index (χ3n) is 3.98. The van der Waals surface area contributed by atoms with Gasteiger partial charge in [-0.1, -0.05) is 11.6 Å². The van der Waals surface area contributed by atoms with E-state index >= 15 is 0 Å². The molecule has 0 saturated heterocycles. The lowest BCUT2D eigenvalue weighted by atomic mass is 10.1. The number of rotatable bonds is 8. The summed E-state index contributed by atoms with van der Waals surface area (Å²) in [5.74, 6) is -0.142. The van der Waals surface area contributed by atoms with Crippen molar-refractivity contribution in [2.75, 3.05) is 24.4 Å². The van der Waals surface area contributed by atoms with E-state index in [0.717, 1.165) is 0 Å². The van der Waals surface area contributed by atoms with Crippen LogP contribution in [0.15, 0.2) is 48.5 Å². The number of anilines is 1. The van der Waals surface area contributed by atoms with Crippen LogP contribution in [0.2, 0.25) is 5.02 Å². The Hall–Kier alpha value is -2.51. The molecule has 0 bridgehead atoms. The van der Waals surface area contributed by atoms with E-state index in [0.29, 0.717) is 34.0 Å². The highest BCUT2D eigenvalue weighted by Crippen LogP contribution is 2.13. The molecule has 0 radical (unpaired) electrons. The van der Waals surface area contributed by atoms with Crippen molar-refractivity contribution in [2.24, 2.45) is 0 Å². The largest absolute Gasteiger partial charge is 0.355 e. The van der Waals surface area contributed by atoms with Crippen LogP contribution in [-0.2, 0) is 4.79 Å². The van der Waals surface area contributed by atoms with Gasteiger partial charge in [-0.25, -0.2) is 0 Å². The molecule has 0 aliphatic rings. The molecule has 2 aromatic carbocycles. The average Bonchev–Trinajstić information content (AvgIpc) is 2.71. The maximum atomic E-state index is 12.7. The molecule has 0 aliphatic carbocycles. The first kappa shape index (κ1) is 21.8. The van der Waals surface area contributed by atoms with Gasteiger partial charge in [0.2, 0.25) is 5.91 Å². The molecule has 0 heterocycles. The Labute approximate surface area is 173 Å². The third-order valence-corrected chi connectivity index (χ3v) is 4.88. The van der Waals surface area contributed by atoms with Gasteiger partial charge in [0.15, 0.2) is 0 Å².